The number of rotatable bonds is 4. The zero-order valence-corrected chi connectivity index (χ0v) is 10.5. The Kier molecular flexibility index (Phi) is 4.08. The van der Waals surface area contributed by atoms with Crippen molar-refractivity contribution in [1.82, 2.24) is 0 Å². The minimum atomic E-state index is 0.377. The zero-order chi connectivity index (χ0) is 10.7. The summed E-state index contributed by atoms with van der Waals surface area (Å²) >= 11 is 3.72. The van der Waals surface area contributed by atoms with E-state index in [0.717, 1.165) is 13.0 Å². The first-order valence-corrected chi connectivity index (χ1v) is 7.19. The molecule has 2 heterocycles. The molecule has 1 saturated heterocycles. The predicted molar refractivity (Wildman–Crippen MR) is 67.5 cm³/mol. The second-order valence-electron chi connectivity index (χ2n) is 3.82. The van der Waals surface area contributed by atoms with E-state index in [4.69, 9.17) is 10.5 Å². The fourth-order valence-corrected chi connectivity index (χ4v) is 4.00. The third-order valence-electron chi connectivity index (χ3n) is 2.77. The molecule has 0 spiro atoms. The second kappa shape index (κ2) is 5.34. The SMILES string of the molecule is CC1OCCC1SC(CN)c1ccsc1. The van der Waals surface area contributed by atoms with Crippen molar-refractivity contribution in [3.05, 3.63) is 22.4 Å². The van der Waals surface area contributed by atoms with Gasteiger partial charge in [0.15, 0.2) is 0 Å². The molecule has 3 atom stereocenters. The van der Waals surface area contributed by atoms with Gasteiger partial charge in [0.25, 0.3) is 0 Å². The number of thioether (sulfide) groups is 1. The minimum Gasteiger partial charge on any atom is -0.377 e. The summed E-state index contributed by atoms with van der Waals surface area (Å²) in [5, 5.41) is 5.36. The quantitative estimate of drug-likeness (QED) is 0.883. The van der Waals surface area contributed by atoms with Crippen LogP contribution >= 0.6 is 23.1 Å². The summed E-state index contributed by atoms with van der Waals surface area (Å²) in [4.78, 5) is 0. The Morgan fingerprint density at radius 1 is 1.73 bits per heavy atom. The molecule has 0 saturated carbocycles. The molecule has 84 valence electrons. The van der Waals surface area contributed by atoms with Crippen LogP contribution in [0.2, 0.25) is 0 Å². The number of thiophene rings is 1. The number of nitrogens with two attached hydrogens (primary N) is 1. The van der Waals surface area contributed by atoms with Gasteiger partial charge in [-0.25, -0.2) is 0 Å². The molecule has 1 aliphatic heterocycles. The van der Waals surface area contributed by atoms with E-state index in [0.29, 0.717) is 23.1 Å². The average Bonchev–Trinajstić information content (AvgIpc) is 2.86. The molecule has 0 radical (unpaired) electrons. The topological polar surface area (TPSA) is 35.2 Å². The van der Waals surface area contributed by atoms with Crippen LogP contribution < -0.4 is 5.73 Å². The molecule has 0 aliphatic carbocycles. The Labute approximate surface area is 99.2 Å². The van der Waals surface area contributed by atoms with Crippen molar-refractivity contribution in [1.29, 1.82) is 0 Å². The third kappa shape index (κ3) is 2.75. The normalized spacial score (nSPS) is 28.1. The third-order valence-corrected chi connectivity index (χ3v) is 5.24. The summed E-state index contributed by atoms with van der Waals surface area (Å²) in [5.41, 5.74) is 7.20. The van der Waals surface area contributed by atoms with Crippen molar-refractivity contribution in [2.45, 2.75) is 29.9 Å². The van der Waals surface area contributed by atoms with E-state index in [9.17, 15) is 0 Å². The van der Waals surface area contributed by atoms with E-state index in [1.165, 1.54) is 5.56 Å². The molecule has 2 N–H and O–H groups in total. The van der Waals surface area contributed by atoms with Gasteiger partial charge in [-0.15, -0.1) is 11.8 Å². The number of hydrogen-bond donors (Lipinski definition) is 1. The van der Waals surface area contributed by atoms with Gasteiger partial charge in [0.1, 0.15) is 0 Å². The van der Waals surface area contributed by atoms with Gasteiger partial charge in [-0.2, -0.15) is 11.3 Å². The molecule has 2 nitrogen and oxygen atoms in total. The lowest BCUT2D eigenvalue weighted by molar-refractivity contribution is 0.127. The van der Waals surface area contributed by atoms with Crippen LogP contribution in [0.1, 0.15) is 24.2 Å². The van der Waals surface area contributed by atoms with Crippen molar-refractivity contribution in [3.8, 4) is 0 Å². The van der Waals surface area contributed by atoms with Crippen LogP contribution in [-0.2, 0) is 4.74 Å². The summed E-state index contributed by atoms with van der Waals surface area (Å²) in [7, 11) is 0. The van der Waals surface area contributed by atoms with Crippen LogP contribution in [0.15, 0.2) is 16.8 Å². The van der Waals surface area contributed by atoms with E-state index < -0.39 is 0 Å². The minimum absolute atomic E-state index is 0.377. The Bertz CT molecular complexity index is 289. The van der Waals surface area contributed by atoms with Crippen molar-refractivity contribution in [3.63, 3.8) is 0 Å². The van der Waals surface area contributed by atoms with E-state index in [-0.39, 0.29) is 0 Å². The maximum absolute atomic E-state index is 5.83. The van der Waals surface area contributed by atoms with Crippen LogP contribution in [-0.4, -0.2) is 24.5 Å². The molecule has 1 aromatic heterocycles. The van der Waals surface area contributed by atoms with Crippen LogP contribution in [0.5, 0.6) is 0 Å². The van der Waals surface area contributed by atoms with E-state index in [1.807, 2.05) is 11.8 Å². The highest BCUT2D eigenvalue weighted by Crippen LogP contribution is 2.37. The summed E-state index contributed by atoms with van der Waals surface area (Å²) in [5.74, 6) is 0. The van der Waals surface area contributed by atoms with Crippen LogP contribution in [0.25, 0.3) is 0 Å². The second-order valence-corrected chi connectivity index (χ2v) is 6.05. The highest BCUT2D eigenvalue weighted by Gasteiger charge is 2.27. The van der Waals surface area contributed by atoms with E-state index in [1.54, 1.807) is 11.3 Å². The molecule has 15 heavy (non-hydrogen) atoms. The fourth-order valence-electron chi connectivity index (χ4n) is 1.83. The smallest absolute Gasteiger partial charge is 0.0666 e. The summed E-state index contributed by atoms with van der Waals surface area (Å²) in [6.45, 7) is 3.77. The van der Waals surface area contributed by atoms with Gasteiger partial charge in [0, 0.05) is 23.7 Å². The molecule has 1 aliphatic rings. The van der Waals surface area contributed by atoms with Crippen molar-refractivity contribution >= 4 is 23.1 Å². The fraction of sp³-hybridized carbons (Fsp3) is 0.636. The Balaban J connectivity index is 1.96. The van der Waals surface area contributed by atoms with E-state index >= 15 is 0 Å². The van der Waals surface area contributed by atoms with Crippen molar-refractivity contribution in [2.24, 2.45) is 5.73 Å². The van der Waals surface area contributed by atoms with Crippen molar-refractivity contribution in [2.75, 3.05) is 13.2 Å². The molecule has 1 fully saturated rings. The van der Waals surface area contributed by atoms with Gasteiger partial charge >= 0.3 is 0 Å². The first-order valence-electron chi connectivity index (χ1n) is 5.30. The average molecular weight is 243 g/mol. The lowest BCUT2D eigenvalue weighted by Crippen LogP contribution is -2.18. The largest absolute Gasteiger partial charge is 0.377 e. The van der Waals surface area contributed by atoms with Gasteiger partial charge in [-0.05, 0) is 35.7 Å². The van der Waals surface area contributed by atoms with Gasteiger partial charge in [-0.3, -0.25) is 0 Å². The molecule has 1 aromatic rings. The van der Waals surface area contributed by atoms with Gasteiger partial charge in [-0.1, -0.05) is 0 Å². The van der Waals surface area contributed by atoms with E-state index in [2.05, 4.69) is 23.8 Å². The summed E-state index contributed by atoms with van der Waals surface area (Å²) in [6, 6.07) is 2.18. The van der Waals surface area contributed by atoms with Gasteiger partial charge in [0.2, 0.25) is 0 Å². The molecular formula is C11H17NOS2. The Morgan fingerprint density at radius 3 is 3.13 bits per heavy atom. The Hall–Kier alpha value is -0.0300. The highest BCUT2D eigenvalue weighted by atomic mass is 32.2. The maximum atomic E-state index is 5.83. The first-order chi connectivity index (χ1) is 7.31. The predicted octanol–water partition coefficient (Wildman–Crippen LogP) is 2.66. The summed E-state index contributed by atoms with van der Waals surface area (Å²) in [6.07, 6.45) is 1.54. The molecule has 0 aromatic carbocycles. The molecule has 2 rings (SSSR count). The van der Waals surface area contributed by atoms with Gasteiger partial charge < -0.3 is 10.5 Å². The van der Waals surface area contributed by atoms with Crippen molar-refractivity contribution < 1.29 is 4.74 Å². The molecule has 4 heteroatoms. The highest BCUT2D eigenvalue weighted by molar-refractivity contribution is 8.00. The van der Waals surface area contributed by atoms with Crippen LogP contribution in [0.4, 0.5) is 0 Å². The number of hydrogen-bond acceptors (Lipinski definition) is 4. The first kappa shape index (κ1) is 11.5. The zero-order valence-electron chi connectivity index (χ0n) is 8.89. The van der Waals surface area contributed by atoms with Gasteiger partial charge in [0.05, 0.1) is 6.10 Å². The number of ether oxygens (including phenoxy) is 1. The van der Waals surface area contributed by atoms with Crippen LogP contribution in [0, 0.1) is 0 Å². The Morgan fingerprint density at radius 2 is 2.60 bits per heavy atom. The molecule has 0 bridgehead atoms. The molecule has 3 unspecified atom stereocenters. The summed E-state index contributed by atoms with van der Waals surface area (Å²) < 4.78 is 5.57. The lowest BCUT2D eigenvalue weighted by Gasteiger charge is -2.20. The standard InChI is InChI=1S/C11H17NOS2/c1-8-10(2-4-13-8)15-11(6-12)9-3-5-14-7-9/h3,5,7-8,10-11H,2,4,6,12H2,1H3. The maximum Gasteiger partial charge on any atom is 0.0666 e. The lowest BCUT2D eigenvalue weighted by atomic mass is 10.2. The molecule has 0 amide bonds. The molecular weight excluding hydrogens is 226 g/mol. The monoisotopic (exact) mass is 243 g/mol. The van der Waals surface area contributed by atoms with Crippen LogP contribution in [0.3, 0.4) is 0 Å².